The van der Waals surface area contributed by atoms with Crippen LogP contribution in [0.1, 0.15) is 43.2 Å². The molecule has 2 aliphatic heterocycles. The van der Waals surface area contributed by atoms with Crippen LogP contribution in [-0.4, -0.2) is 71.4 Å². The van der Waals surface area contributed by atoms with Crippen LogP contribution in [0.25, 0.3) is 10.9 Å². The van der Waals surface area contributed by atoms with Crippen LogP contribution in [0.2, 0.25) is 0 Å². The fourth-order valence-electron chi connectivity index (χ4n) is 4.14. The van der Waals surface area contributed by atoms with Crippen LogP contribution in [0.3, 0.4) is 0 Å². The highest BCUT2D eigenvalue weighted by molar-refractivity contribution is 6.05. The minimum Gasteiger partial charge on any atom is -0.378 e. The molecule has 4 rings (SSSR count). The third kappa shape index (κ3) is 4.28. The molecule has 0 saturated carbocycles. The first kappa shape index (κ1) is 19.8. The first-order chi connectivity index (χ1) is 14.0. The van der Waals surface area contributed by atoms with Crippen LogP contribution >= 0.6 is 0 Å². The van der Waals surface area contributed by atoms with Gasteiger partial charge in [-0.1, -0.05) is 18.2 Å². The van der Waals surface area contributed by atoms with E-state index in [2.05, 4.69) is 29.6 Å². The van der Waals surface area contributed by atoms with Crippen LogP contribution in [-0.2, 0) is 9.53 Å². The lowest BCUT2D eigenvalue weighted by molar-refractivity contribution is -0.135. The molecule has 2 atom stereocenters. The van der Waals surface area contributed by atoms with E-state index in [-0.39, 0.29) is 29.9 Å². The minimum absolute atomic E-state index is 0.00653. The number of carbonyl (C=O) groups is 2. The third-order valence-electron chi connectivity index (χ3n) is 5.66. The first-order valence-electron chi connectivity index (χ1n) is 10.4. The highest BCUT2D eigenvalue weighted by Gasteiger charge is 2.30. The number of aromatic nitrogens is 2. The van der Waals surface area contributed by atoms with Crippen molar-refractivity contribution in [3.63, 3.8) is 0 Å². The van der Waals surface area contributed by atoms with Crippen LogP contribution in [0.5, 0.6) is 0 Å². The molecule has 8 heteroatoms. The number of fused-ring (bicyclic) bond motifs is 1. The maximum absolute atomic E-state index is 12.9. The molecule has 2 aliphatic rings. The SMILES string of the molecule is CC(C)n1nc(C(=O)N[C@@H]2CN[C@H](CC(=O)N3CCOCC3)C2)c2ccccc21. The van der Waals surface area contributed by atoms with Crippen LogP contribution in [0.15, 0.2) is 24.3 Å². The van der Waals surface area contributed by atoms with Crippen LogP contribution < -0.4 is 10.6 Å². The van der Waals surface area contributed by atoms with E-state index >= 15 is 0 Å². The van der Waals surface area contributed by atoms with Gasteiger partial charge >= 0.3 is 0 Å². The van der Waals surface area contributed by atoms with Crippen LogP contribution in [0, 0.1) is 0 Å². The minimum atomic E-state index is -0.160. The Hall–Kier alpha value is -2.45. The molecular formula is C21H29N5O3. The zero-order valence-corrected chi connectivity index (χ0v) is 17.1. The molecule has 1 aromatic carbocycles. The molecule has 0 bridgehead atoms. The second-order valence-electron chi connectivity index (χ2n) is 8.11. The fourth-order valence-corrected chi connectivity index (χ4v) is 4.14. The van der Waals surface area contributed by atoms with Crippen molar-refractivity contribution < 1.29 is 14.3 Å². The standard InChI is InChI=1S/C21H29N5O3/c1-14(2)26-18-6-4-3-5-17(18)20(24-26)21(28)23-16-11-15(22-13-16)12-19(27)25-7-9-29-10-8-25/h3-6,14-16,22H,7-13H2,1-2H3,(H,23,28)/t15-,16-/m0/s1. The fraction of sp³-hybridized carbons (Fsp3) is 0.571. The summed E-state index contributed by atoms with van der Waals surface area (Å²) in [5, 5.41) is 11.9. The van der Waals surface area contributed by atoms with E-state index in [1.54, 1.807) is 0 Å². The number of hydrogen-bond acceptors (Lipinski definition) is 5. The maximum atomic E-state index is 12.9. The summed E-state index contributed by atoms with van der Waals surface area (Å²) < 4.78 is 7.19. The third-order valence-corrected chi connectivity index (χ3v) is 5.66. The van der Waals surface area contributed by atoms with Gasteiger partial charge in [-0.2, -0.15) is 5.10 Å². The Labute approximate surface area is 170 Å². The second-order valence-corrected chi connectivity index (χ2v) is 8.11. The monoisotopic (exact) mass is 399 g/mol. The van der Waals surface area contributed by atoms with E-state index in [0.717, 1.165) is 17.3 Å². The van der Waals surface area contributed by atoms with Gasteiger partial charge in [0.2, 0.25) is 5.91 Å². The van der Waals surface area contributed by atoms with Crippen molar-refractivity contribution in [2.45, 2.75) is 44.8 Å². The number of morpholine rings is 1. The Morgan fingerprint density at radius 3 is 2.79 bits per heavy atom. The summed E-state index contributed by atoms with van der Waals surface area (Å²) in [5.74, 6) is -0.00740. The number of benzene rings is 1. The van der Waals surface area contributed by atoms with Gasteiger partial charge in [-0.25, -0.2) is 0 Å². The van der Waals surface area contributed by atoms with Gasteiger partial charge in [-0.3, -0.25) is 14.3 Å². The van der Waals surface area contributed by atoms with E-state index in [0.29, 0.717) is 45.0 Å². The van der Waals surface area contributed by atoms with Gasteiger partial charge in [0, 0.05) is 49.6 Å². The van der Waals surface area contributed by atoms with Gasteiger partial charge in [0.25, 0.3) is 5.91 Å². The number of amides is 2. The number of carbonyl (C=O) groups excluding carboxylic acids is 2. The molecule has 2 aromatic rings. The lowest BCUT2D eigenvalue weighted by Gasteiger charge is -2.27. The van der Waals surface area contributed by atoms with Gasteiger partial charge < -0.3 is 20.3 Å². The van der Waals surface area contributed by atoms with Crippen LogP contribution in [0.4, 0.5) is 0 Å². The zero-order valence-electron chi connectivity index (χ0n) is 17.1. The van der Waals surface area contributed by atoms with E-state index < -0.39 is 0 Å². The van der Waals surface area contributed by atoms with Crippen molar-refractivity contribution in [1.82, 2.24) is 25.3 Å². The Morgan fingerprint density at radius 2 is 2.03 bits per heavy atom. The van der Waals surface area contributed by atoms with Crippen molar-refractivity contribution in [1.29, 1.82) is 0 Å². The number of nitrogens with one attached hydrogen (secondary N) is 2. The normalized spacial score (nSPS) is 22.4. The molecule has 2 saturated heterocycles. The average molecular weight is 399 g/mol. The van der Waals surface area contributed by atoms with Crippen molar-refractivity contribution >= 4 is 22.7 Å². The summed E-state index contributed by atoms with van der Waals surface area (Å²) in [6.45, 7) is 7.32. The number of para-hydroxylation sites is 1. The highest BCUT2D eigenvalue weighted by atomic mass is 16.5. The zero-order chi connectivity index (χ0) is 20.4. The van der Waals surface area contributed by atoms with Crippen molar-refractivity contribution in [3.05, 3.63) is 30.0 Å². The first-order valence-corrected chi connectivity index (χ1v) is 10.4. The Morgan fingerprint density at radius 1 is 1.28 bits per heavy atom. The number of hydrogen-bond donors (Lipinski definition) is 2. The van der Waals surface area contributed by atoms with Crippen molar-refractivity contribution in [2.75, 3.05) is 32.8 Å². The molecule has 0 spiro atoms. The van der Waals surface area contributed by atoms with Gasteiger partial charge in [0.1, 0.15) is 0 Å². The quantitative estimate of drug-likeness (QED) is 0.792. The Kier molecular flexibility index (Phi) is 5.82. The summed E-state index contributed by atoms with van der Waals surface area (Å²) in [5.41, 5.74) is 1.42. The number of nitrogens with zero attached hydrogens (tertiary/aromatic N) is 3. The summed E-state index contributed by atoms with van der Waals surface area (Å²) in [7, 11) is 0. The van der Waals surface area contributed by atoms with E-state index in [4.69, 9.17) is 4.74 Å². The molecule has 0 aliphatic carbocycles. The Bertz CT molecular complexity index is 888. The summed E-state index contributed by atoms with van der Waals surface area (Å²) in [6.07, 6.45) is 1.20. The molecule has 2 fully saturated rings. The maximum Gasteiger partial charge on any atom is 0.272 e. The lowest BCUT2D eigenvalue weighted by Crippen LogP contribution is -2.42. The summed E-state index contributed by atoms with van der Waals surface area (Å²) in [4.78, 5) is 27.2. The second kappa shape index (κ2) is 8.51. The van der Waals surface area contributed by atoms with Gasteiger partial charge in [-0.15, -0.1) is 0 Å². The highest BCUT2D eigenvalue weighted by Crippen LogP contribution is 2.22. The van der Waals surface area contributed by atoms with Crippen molar-refractivity contribution in [3.8, 4) is 0 Å². The predicted molar refractivity (Wildman–Crippen MR) is 110 cm³/mol. The predicted octanol–water partition coefficient (Wildman–Crippen LogP) is 1.33. The molecule has 156 valence electrons. The molecular weight excluding hydrogens is 370 g/mol. The summed E-state index contributed by atoms with van der Waals surface area (Å²) in [6, 6.07) is 8.06. The molecule has 8 nitrogen and oxygen atoms in total. The van der Waals surface area contributed by atoms with Gasteiger partial charge in [0.15, 0.2) is 5.69 Å². The topological polar surface area (TPSA) is 88.5 Å². The molecule has 0 unspecified atom stereocenters. The molecule has 2 amide bonds. The molecule has 29 heavy (non-hydrogen) atoms. The molecule has 2 N–H and O–H groups in total. The summed E-state index contributed by atoms with van der Waals surface area (Å²) >= 11 is 0. The van der Waals surface area contributed by atoms with E-state index in [9.17, 15) is 9.59 Å². The van der Waals surface area contributed by atoms with Crippen molar-refractivity contribution in [2.24, 2.45) is 0 Å². The lowest BCUT2D eigenvalue weighted by atomic mass is 10.1. The van der Waals surface area contributed by atoms with Gasteiger partial charge in [0.05, 0.1) is 18.7 Å². The molecule has 1 aromatic heterocycles. The Balaban J connectivity index is 1.37. The number of ether oxygens (including phenoxy) is 1. The average Bonchev–Trinajstić information content (AvgIpc) is 3.33. The smallest absolute Gasteiger partial charge is 0.272 e. The van der Waals surface area contributed by atoms with E-state index in [1.807, 2.05) is 33.8 Å². The largest absolute Gasteiger partial charge is 0.378 e. The number of rotatable bonds is 5. The molecule has 3 heterocycles. The molecule has 0 radical (unpaired) electrons. The van der Waals surface area contributed by atoms with E-state index in [1.165, 1.54) is 0 Å². The van der Waals surface area contributed by atoms with Gasteiger partial charge in [-0.05, 0) is 26.3 Å².